The maximum atomic E-state index is 13.4. The van der Waals surface area contributed by atoms with Gasteiger partial charge in [0.1, 0.15) is 18.2 Å². The molecule has 3 rings (SSSR count). The number of aromatic nitrogens is 3. The van der Waals surface area contributed by atoms with Crippen LogP contribution in [0.1, 0.15) is 23.4 Å². The third-order valence-electron chi connectivity index (χ3n) is 4.55. The lowest BCUT2D eigenvalue weighted by Crippen LogP contribution is -2.10. The summed E-state index contributed by atoms with van der Waals surface area (Å²) in [7, 11) is 1.37. The number of rotatable bonds is 9. The molecule has 1 aromatic carbocycles. The highest BCUT2D eigenvalue weighted by atomic mass is 19.4. The molecule has 0 fully saturated rings. The average molecular weight is 434 g/mol. The molecule has 1 N–H and O–H groups in total. The van der Waals surface area contributed by atoms with E-state index in [4.69, 9.17) is 4.74 Å². The van der Waals surface area contributed by atoms with Crippen LogP contribution in [-0.4, -0.2) is 21.6 Å². The number of hydrogen-bond acceptors (Lipinski definition) is 4. The molecule has 2 aromatic heterocycles. The second kappa shape index (κ2) is 9.74. The number of ether oxygens (including phenoxy) is 1. The van der Waals surface area contributed by atoms with E-state index >= 15 is 0 Å². The molecule has 9 heteroatoms. The summed E-state index contributed by atoms with van der Waals surface area (Å²) in [5, 5.41) is 2.45. The molecular weight excluding hydrogens is 412 g/mol. The molecule has 0 aliphatic heterocycles. The van der Waals surface area contributed by atoms with Gasteiger partial charge < -0.3 is 14.6 Å². The molecule has 0 spiro atoms. The van der Waals surface area contributed by atoms with Gasteiger partial charge in [-0.05, 0) is 11.6 Å². The molecule has 0 saturated heterocycles. The van der Waals surface area contributed by atoms with Gasteiger partial charge in [-0.1, -0.05) is 36.9 Å². The maximum absolute atomic E-state index is 13.4. The molecule has 2 heterocycles. The van der Waals surface area contributed by atoms with Crippen LogP contribution in [0.5, 0.6) is 0 Å². The normalized spacial score (nSPS) is 11.5. The topological polar surface area (TPSA) is 52.0 Å². The molecule has 0 aliphatic carbocycles. The standard InChI is InChI=1S/C22H22F4N4O/c1-15(23)8-9-30-12-19(17-10-18(22(24,25)26)21(27-2)28-11-17)29-20(30)14-31-13-16-6-4-3-5-7-16/h3-7,10-12H,1,8-9,13-14H2,2H3,(H,27,28). The van der Waals surface area contributed by atoms with E-state index < -0.39 is 17.6 Å². The lowest BCUT2D eigenvalue weighted by molar-refractivity contribution is -0.137. The highest BCUT2D eigenvalue weighted by molar-refractivity contribution is 5.62. The fraction of sp³-hybridized carbons (Fsp3) is 0.273. The summed E-state index contributed by atoms with van der Waals surface area (Å²) < 4.78 is 60.7. The van der Waals surface area contributed by atoms with Crippen molar-refractivity contribution in [3.8, 4) is 11.3 Å². The van der Waals surface area contributed by atoms with E-state index in [1.54, 1.807) is 10.8 Å². The van der Waals surface area contributed by atoms with E-state index in [-0.39, 0.29) is 31.0 Å². The van der Waals surface area contributed by atoms with Crippen molar-refractivity contribution >= 4 is 5.82 Å². The highest BCUT2D eigenvalue weighted by Crippen LogP contribution is 2.36. The van der Waals surface area contributed by atoms with Gasteiger partial charge in [0.25, 0.3) is 0 Å². The molecule has 5 nitrogen and oxygen atoms in total. The van der Waals surface area contributed by atoms with Crippen molar-refractivity contribution in [2.24, 2.45) is 0 Å². The van der Waals surface area contributed by atoms with Crippen molar-refractivity contribution in [2.75, 3.05) is 12.4 Å². The van der Waals surface area contributed by atoms with Crippen molar-refractivity contribution in [2.45, 2.75) is 32.4 Å². The number of alkyl halides is 3. The predicted molar refractivity (Wildman–Crippen MR) is 110 cm³/mol. The quantitative estimate of drug-likeness (QED) is 0.446. The number of allylic oxidation sites excluding steroid dienone is 1. The number of benzene rings is 1. The molecule has 3 aromatic rings. The van der Waals surface area contributed by atoms with Crippen LogP contribution in [0.4, 0.5) is 23.4 Å². The number of pyridine rings is 1. The molecule has 0 bridgehead atoms. The molecule has 0 radical (unpaired) electrons. The van der Waals surface area contributed by atoms with Crippen LogP contribution in [0, 0.1) is 0 Å². The number of halogens is 4. The minimum Gasteiger partial charge on any atom is -0.373 e. The number of anilines is 1. The summed E-state index contributed by atoms with van der Waals surface area (Å²) in [6, 6.07) is 10.5. The Hall–Kier alpha value is -3.20. The summed E-state index contributed by atoms with van der Waals surface area (Å²) >= 11 is 0. The van der Waals surface area contributed by atoms with E-state index in [1.807, 2.05) is 30.3 Å². The summed E-state index contributed by atoms with van der Waals surface area (Å²) in [5.41, 5.74) is 0.581. The lowest BCUT2D eigenvalue weighted by Gasteiger charge is -2.12. The van der Waals surface area contributed by atoms with Crippen LogP contribution >= 0.6 is 0 Å². The molecule has 0 unspecified atom stereocenters. The largest absolute Gasteiger partial charge is 0.419 e. The lowest BCUT2D eigenvalue weighted by atomic mass is 10.1. The maximum Gasteiger partial charge on any atom is 0.419 e. The third kappa shape index (κ3) is 5.91. The zero-order chi connectivity index (χ0) is 22.4. The summed E-state index contributed by atoms with van der Waals surface area (Å²) in [5.74, 6) is -0.292. The van der Waals surface area contributed by atoms with Gasteiger partial charge in [0.05, 0.1) is 23.7 Å². The van der Waals surface area contributed by atoms with Gasteiger partial charge in [0.15, 0.2) is 0 Å². The summed E-state index contributed by atoms with van der Waals surface area (Å²) in [6.45, 7) is 3.94. The molecule has 0 atom stereocenters. The van der Waals surface area contributed by atoms with Gasteiger partial charge >= 0.3 is 6.18 Å². The number of aryl methyl sites for hydroxylation is 1. The minimum atomic E-state index is -4.57. The van der Waals surface area contributed by atoms with Gasteiger partial charge in [-0.3, -0.25) is 0 Å². The van der Waals surface area contributed by atoms with E-state index in [0.29, 0.717) is 18.1 Å². The van der Waals surface area contributed by atoms with Crippen LogP contribution < -0.4 is 5.32 Å². The molecular formula is C22H22F4N4O. The highest BCUT2D eigenvalue weighted by Gasteiger charge is 2.34. The molecule has 0 aliphatic rings. The minimum absolute atomic E-state index is 0.0617. The van der Waals surface area contributed by atoms with Gasteiger partial charge in [-0.25, -0.2) is 14.4 Å². The van der Waals surface area contributed by atoms with Gasteiger partial charge in [-0.2, -0.15) is 13.2 Å². The Morgan fingerprint density at radius 2 is 1.94 bits per heavy atom. The van der Waals surface area contributed by atoms with Crippen LogP contribution in [-0.2, 0) is 30.7 Å². The zero-order valence-electron chi connectivity index (χ0n) is 16.9. The van der Waals surface area contributed by atoms with Gasteiger partial charge in [-0.15, -0.1) is 0 Å². The van der Waals surface area contributed by atoms with Crippen LogP contribution in [0.2, 0.25) is 0 Å². The van der Waals surface area contributed by atoms with Gasteiger partial charge in [0, 0.05) is 38.0 Å². The molecule has 164 valence electrons. The summed E-state index contributed by atoms with van der Waals surface area (Å²) in [4.78, 5) is 8.30. The Kier molecular flexibility index (Phi) is 7.06. The first-order valence-electron chi connectivity index (χ1n) is 9.54. The van der Waals surface area contributed by atoms with Gasteiger partial charge in [0.2, 0.25) is 0 Å². The molecule has 0 amide bonds. The Balaban J connectivity index is 1.87. The fourth-order valence-corrected chi connectivity index (χ4v) is 3.00. The third-order valence-corrected chi connectivity index (χ3v) is 4.55. The predicted octanol–water partition coefficient (Wildman–Crippen LogP) is 5.60. The van der Waals surface area contributed by atoms with E-state index in [2.05, 4.69) is 21.9 Å². The molecule has 31 heavy (non-hydrogen) atoms. The Morgan fingerprint density at radius 1 is 1.19 bits per heavy atom. The second-order valence-electron chi connectivity index (χ2n) is 6.85. The first-order valence-corrected chi connectivity index (χ1v) is 9.54. The Bertz CT molecular complexity index is 1030. The average Bonchev–Trinajstić information content (AvgIpc) is 3.15. The number of hydrogen-bond donors (Lipinski definition) is 1. The molecule has 0 saturated carbocycles. The van der Waals surface area contributed by atoms with Crippen molar-refractivity contribution in [1.29, 1.82) is 0 Å². The summed E-state index contributed by atoms with van der Waals surface area (Å²) in [6.07, 6.45) is -1.62. The Morgan fingerprint density at radius 3 is 2.58 bits per heavy atom. The van der Waals surface area contributed by atoms with Crippen molar-refractivity contribution < 1.29 is 22.3 Å². The van der Waals surface area contributed by atoms with Crippen molar-refractivity contribution in [1.82, 2.24) is 14.5 Å². The van der Waals surface area contributed by atoms with E-state index in [0.717, 1.165) is 11.6 Å². The number of nitrogens with zero attached hydrogens (tertiary/aromatic N) is 3. The smallest absolute Gasteiger partial charge is 0.373 e. The van der Waals surface area contributed by atoms with Crippen LogP contribution in [0.15, 0.2) is 61.2 Å². The first-order chi connectivity index (χ1) is 14.8. The number of nitrogens with one attached hydrogen (secondary N) is 1. The fourth-order valence-electron chi connectivity index (χ4n) is 3.00. The number of imidazole rings is 1. The SMILES string of the molecule is C=C(F)CCn1cc(-c2cnc(NC)c(C(F)(F)F)c2)nc1COCc1ccccc1. The Labute approximate surface area is 177 Å². The van der Waals surface area contributed by atoms with Crippen LogP contribution in [0.25, 0.3) is 11.3 Å². The van der Waals surface area contributed by atoms with E-state index in [9.17, 15) is 17.6 Å². The van der Waals surface area contributed by atoms with E-state index in [1.165, 1.54) is 13.2 Å². The second-order valence-corrected chi connectivity index (χ2v) is 6.85. The van der Waals surface area contributed by atoms with Crippen molar-refractivity contribution in [3.63, 3.8) is 0 Å². The monoisotopic (exact) mass is 434 g/mol. The van der Waals surface area contributed by atoms with Crippen LogP contribution in [0.3, 0.4) is 0 Å². The first kappa shape index (κ1) is 22.5. The zero-order valence-corrected chi connectivity index (χ0v) is 16.9. The van der Waals surface area contributed by atoms with Crippen molar-refractivity contribution in [3.05, 3.63) is 78.1 Å².